The average molecular weight is 423 g/mol. The van der Waals surface area contributed by atoms with Gasteiger partial charge in [0.2, 0.25) is 5.91 Å². The van der Waals surface area contributed by atoms with Crippen LogP contribution in [0.3, 0.4) is 0 Å². The van der Waals surface area contributed by atoms with Crippen LogP contribution < -0.4 is 4.31 Å². The fourth-order valence-corrected chi connectivity index (χ4v) is 4.79. The molecule has 3 aromatic rings. The van der Waals surface area contributed by atoms with Crippen molar-refractivity contribution in [2.75, 3.05) is 17.9 Å². The molecular formula is C24H26N2O3S. The second-order valence-corrected chi connectivity index (χ2v) is 9.21. The molecule has 5 nitrogen and oxygen atoms in total. The third kappa shape index (κ3) is 4.89. The standard InChI is InChI=1S/C24H26N2O3S/c1-19-14-15-23(20(2)16-19)26(30(28,29)22-12-8-5-9-13-22)18-24(27)25(3)17-21-10-6-4-7-11-21/h4-16H,17-18H2,1-3H3. The van der Waals surface area contributed by atoms with Crippen molar-refractivity contribution in [3.63, 3.8) is 0 Å². The molecule has 0 aromatic heterocycles. The molecule has 0 bridgehead atoms. The Labute approximate surface area is 178 Å². The Kier molecular flexibility index (Phi) is 6.57. The molecule has 0 spiro atoms. The zero-order valence-electron chi connectivity index (χ0n) is 17.4. The van der Waals surface area contributed by atoms with Crippen LogP contribution in [-0.4, -0.2) is 32.8 Å². The molecule has 0 N–H and O–H groups in total. The topological polar surface area (TPSA) is 57.7 Å². The molecule has 0 saturated heterocycles. The Bertz CT molecular complexity index is 1110. The van der Waals surface area contributed by atoms with E-state index in [0.717, 1.165) is 16.7 Å². The predicted molar refractivity (Wildman–Crippen MR) is 120 cm³/mol. The quantitative estimate of drug-likeness (QED) is 0.575. The van der Waals surface area contributed by atoms with Gasteiger partial charge < -0.3 is 4.90 Å². The Morgan fingerprint density at radius 1 is 0.867 bits per heavy atom. The van der Waals surface area contributed by atoms with Crippen LogP contribution in [0, 0.1) is 13.8 Å². The van der Waals surface area contributed by atoms with Crippen molar-refractivity contribution < 1.29 is 13.2 Å². The van der Waals surface area contributed by atoms with E-state index in [-0.39, 0.29) is 17.3 Å². The fourth-order valence-electron chi connectivity index (χ4n) is 3.29. The van der Waals surface area contributed by atoms with Gasteiger partial charge in [0.05, 0.1) is 10.6 Å². The monoisotopic (exact) mass is 422 g/mol. The first-order chi connectivity index (χ1) is 14.3. The van der Waals surface area contributed by atoms with Gasteiger partial charge in [-0.3, -0.25) is 9.10 Å². The van der Waals surface area contributed by atoms with Gasteiger partial charge in [0.1, 0.15) is 6.54 Å². The van der Waals surface area contributed by atoms with Crippen molar-refractivity contribution in [2.45, 2.75) is 25.3 Å². The highest BCUT2D eigenvalue weighted by molar-refractivity contribution is 7.92. The lowest BCUT2D eigenvalue weighted by Crippen LogP contribution is -2.41. The van der Waals surface area contributed by atoms with Crippen molar-refractivity contribution in [1.82, 2.24) is 4.90 Å². The van der Waals surface area contributed by atoms with Gasteiger partial charge >= 0.3 is 0 Å². The minimum absolute atomic E-state index is 0.156. The molecule has 156 valence electrons. The van der Waals surface area contributed by atoms with Gasteiger partial charge in [-0.15, -0.1) is 0 Å². The molecule has 0 atom stereocenters. The van der Waals surface area contributed by atoms with Crippen LogP contribution in [0.15, 0.2) is 83.8 Å². The molecule has 0 aliphatic rings. The van der Waals surface area contributed by atoms with Crippen LogP contribution in [0.25, 0.3) is 0 Å². The van der Waals surface area contributed by atoms with Gasteiger partial charge in [0.15, 0.2) is 0 Å². The molecule has 1 amide bonds. The zero-order valence-corrected chi connectivity index (χ0v) is 18.3. The number of benzene rings is 3. The van der Waals surface area contributed by atoms with Gasteiger partial charge in [-0.05, 0) is 43.2 Å². The summed E-state index contributed by atoms with van der Waals surface area (Å²) < 4.78 is 28.1. The maximum atomic E-state index is 13.4. The molecule has 0 heterocycles. The van der Waals surface area contributed by atoms with E-state index in [0.29, 0.717) is 12.2 Å². The van der Waals surface area contributed by atoms with Crippen molar-refractivity contribution in [1.29, 1.82) is 0 Å². The summed E-state index contributed by atoms with van der Waals surface area (Å²) in [6.45, 7) is 3.94. The van der Waals surface area contributed by atoms with Gasteiger partial charge in [-0.1, -0.05) is 66.2 Å². The number of rotatable bonds is 7. The summed E-state index contributed by atoms with van der Waals surface area (Å²) in [4.78, 5) is 14.7. The minimum atomic E-state index is -3.91. The number of sulfonamides is 1. The number of likely N-dealkylation sites (N-methyl/N-ethyl adjacent to an activating group) is 1. The highest BCUT2D eigenvalue weighted by Gasteiger charge is 2.29. The summed E-state index contributed by atoms with van der Waals surface area (Å²) in [5.41, 5.74) is 3.32. The van der Waals surface area contributed by atoms with E-state index in [9.17, 15) is 13.2 Å². The van der Waals surface area contributed by atoms with Crippen molar-refractivity contribution in [2.24, 2.45) is 0 Å². The smallest absolute Gasteiger partial charge is 0.264 e. The second kappa shape index (κ2) is 9.13. The fraction of sp³-hybridized carbons (Fsp3) is 0.208. The van der Waals surface area contributed by atoms with Crippen LogP contribution >= 0.6 is 0 Å². The number of carbonyl (C=O) groups is 1. The van der Waals surface area contributed by atoms with Crippen molar-refractivity contribution in [3.05, 3.63) is 95.6 Å². The maximum absolute atomic E-state index is 13.4. The molecule has 3 aromatic carbocycles. The Morgan fingerprint density at radius 3 is 2.07 bits per heavy atom. The Hall–Kier alpha value is -3.12. The van der Waals surface area contributed by atoms with E-state index in [4.69, 9.17) is 0 Å². The zero-order chi connectivity index (χ0) is 21.7. The number of hydrogen-bond acceptors (Lipinski definition) is 3. The highest BCUT2D eigenvalue weighted by atomic mass is 32.2. The normalized spacial score (nSPS) is 11.2. The number of anilines is 1. The van der Waals surface area contributed by atoms with Gasteiger partial charge in [-0.25, -0.2) is 8.42 Å². The van der Waals surface area contributed by atoms with Crippen LogP contribution in [0.4, 0.5) is 5.69 Å². The molecule has 0 aliphatic heterocycles. The third-order valence-corrected chi connectivity index (χ3v) is 6.69. The third-order valence-electron chi connectivity index (χ3n) is 4.92. The van der Waals surface area contributed by atoms with E-state index in [1.165, 1.54) is 4.31 Å². The Balaban J connectivity index is 1.94. The SMILES string of the molecule is Cc1ccc(N(CC(=O)N(C)Cc2ccccc2)S(=O)(=O)c2ccccc2)c(C)c1. The number of nitrogens with zero attached hydrogens (tertiary/aromatic N) is 2. The lowest BCUT2D eigenvalue weighted by Gasteiger charge is -2.28. The Morgan fingerprint density at radius 2 is 1.47 bits per heavy atom. The van der Waals surface area contributed by atoms with Crippen LogP contribution in [0.2, 0.25) is 0 Å². The highest BCUT2D eigenvalue weighted by Crippen LogP contribution is 2.27. The van der Waals surface area contributed by atoms with Gasteiger partial charge in [0.25, 0.3) is 10.0 Å². The first-order valence-corrected chi connectivity index (χ1v) is 11.2. The number of amides is 1. The summed E-state index contributed by atoms with van der Waals surface area (Å²) in [6.07, 6.45) is 0. The lowest BCUT2D eigenvalue weighted by atomic mass is 10.1. The average Bonchev–Trinajstić information content (AvgIpc) is 2.73. The summed E-state index contributed by atoms with van der Waals surface area (Å²) in [5.74, 6) is -0.279. The largest absolute Gasteiger partial charge is 0.340 e. The summed E-state index contributed by atoms with van der Waals surface area (Å²) >= 11 is 0. The van der Waals surface area contributed by atoms with Crippen molar-refractivity contribution in [3.8, 4) is 0 Å². The summed E-state index contributed by atoms with van der Waals surface area (Å²) in [7, 11) is -2.22. The molecule has 3 rings (SSSR count). The van der Waals surface area contributed by atoms with E-state index in [2.05, 4.69) is 0 Å². The van der Waals surface area contributed by atoms with E-state index in [1.807, 2.05) is 56.3 Å². The molecule has 6 heteroatoms. The number of hydrogen-bond donors (Lipinski definition) is 0. The molecule has 0 unspecified atom stereocenters. The number of aryl methyl sites for hydroxylation is 2. The van der Waals surface area contributed by atoms with Gasteiger partial charge in [0, 0.05) is 13.6 Å². The summed E-state index contributed by atoms with van der Waals surface area (Å²) in [6, 6.07) is 23.4. The molecule has 0 fully saturated rings. The number of carbonyl (C=O) groups excluding carboxylic acids is 1. The van der Waals surface area contributed by atoms with Crippen LogP contribution in [-0.2, 0) is 21.4 Å². The van der Waals surface area contributed by atoms with E-state index >= 15 is 0 Å². The maximum Gasteiger partial charge on any atom is 0.264 e. The first kappa shape index (κ1) is 21.6. The van der Waals surface area contributed by atoms with Crippen LogP contribution in [0.1, 0.15) is 16.7 Å². The molecule has 0 radical (unpaired) electrons. The van der Waals surface area contributed by atoms with Crippen molar-refractivity contribution >= 4 is 21.6 Å². The van der Waals surface area contributed by atoms with Gasteiger partial charge in [-0.2, -0.15) is 0 Å². The molecule has 0 saturated carbocycles. The molecule has 30 heavy (non-hydrogen) atoms. The summed E-state index contributed by atoms with van der Waals surface area (Å²) in [5, 5.41) is 0. The molecular weight excluding hydrogens is 396 g/mol. The lowest BCUT2D eigenvalue weighted by molar-refractivity contribution is -0.128. The van der Waals surface area contributed by atoms with Crippen LogP contribution in [0.5, 0.6) is 0 Å². The molecule has 0 aliphatic carbocycles. The van der Waals surface area contributed by atoms with E-state index < -0.39 is 10.0 Å². The minimum Gasteiger partial charge on any atom is -0.340 e. The second-order valence-electron chi connectivity index (χ2n) is 7.35. The first-order valence-electron chi connectivity index (χ1n) is 9.72. The predicted octanol–water partition coefficient (Wildman–Crippen LogP) is 4.16. The van der Waals surface area contributed by atoms with E-state index in [1.54, 1.807) is 48.3 Å².